The lowest BCUT2D eigenvalue weighted by atomic mass is 9.86. The van der Waals surface area contributed by atoms with Crippen molar-refractivity contribution in [1.82, 2.24) is 0 Å². The molecule has 33 heavy (non-hydrogen) atoms. The Morgan fingerprint density at radius 1 is 0.909 bits per heavy atom. The normalized spacial score (nSPS) is 11.4. The number of benzene rings is 3. The third-order valence-electron chi connectivity index (χ3n) is 5.89. The highest BCUT2D eigenvalue weighted by molar-refractivity contribution is 6.30. The number of halogens is 1. The van der Waals surface area contributed by atoms with Gasteiger partial charge in [-0.3, -0.25) is 0 Å². The minimum atomic E-state index is -0.382. The molecule has 0 saturated carbocycles. The van der Waals surface area contributed by atoms with Gasteiger partial charge in [-0.2, -0.15) is 0 Å². The molecule has 4 nitrogen and oxygen atoms in total. The van der Waals surface area contributed by atoms with Crippen LogP contribution in [0.2, 0.25) is 5.02 Å². The van der Waals surface area contributed by atoms with Gasteiger partial charge in [-0.05, 0) is 66.0 Å². The molecule has 0 spiro atoms. The van der Waals surface area contributed by atoms with E-state index in [4.69, 9.17) is 25.8 Å². The van der Waals surface area contributed by atoms with Crippen molar-refractivity contribution in [1.29, 1.82) is 0 Å². The van der Waals surface area contributed by atoms with Crippen molar-refractivity contribution in [3.05, 3.63) is 70.7 Å². The summed E-state index contributed by atoms with van der Waals surface area (Å²) in [5.41, 5.74) is 1.46. The van der Waals surface area contributed by atoms with Crippen LogP contribution in [0.25, 0.3) is 10.8 Å². The second kappa shape index (κ2) is 11.4. The first kappa shape index (κ1) is 24.9. The van der Waals surface area contributed by atoms with E-state index in [1.54, 1.807) is 6.92 Å². The second-order valence-electron chi connectivity index (χ2n) is 8.92. The standard InChI is InChI=1S/C28H33ClO4/c1-6-31-28(30)24-14-21-8-7-9-26(32-16-20-10-12-22(29)13-11-20)23(21)15-27(24)33-17-25(18(2)3)19(4)5/h7-15,18-19,25H,6,16-17H2,1-5H3. The highest BCUT2D eigenvalue weighted by Crippen LogP contribution is 2.34. The Bertz CT molecular complexity index is 1070. The molecule has 0 unspecified atom stereocenters. The predicted octanol–water partition coefficient (Wildman–Crippen LogP) is 7.56. The molecule has 0 fully saturated rings. The Hall–Kier alpha value is -2.72. The van der Waals surface area contributed by atoms with Gasteiger partial charge < -0.3 is 14.2 Å². The smallest absolute Gasteiger partial charge is 0.341 e. The second-order valence-corrected chi connectivity index (χ2v) is 9.36. The van der Waals surface area contributed by atoms with Gasteiger partial charge in [0.2, 0.25) is 0 Å². The van der Waals surface area contributed by atoms with Gasteiger partial charge in [-0.25, -0.2) is 4.79 Å². The van der Waals surface area contributed by atoms with Crippen LogP contribution in [0.15, 0.2) is 54.6 Å². The van der Waals surface area contributed by atoms with E-state index in [2.05, 4.69) is 27.7 Å². The summed E-state index contributed by atoms with van der Waals surface area (Å²) in [6.07, 6.45) is 0. The summed E-state index contributed by atoms with van der Waals surface area (Å²) in [6, 6.07) is 17.1. The lowest BCUT2D eigenvalue weighted by Crippen LogP contribution is -2.23. The SMILES string of the molecule is CCOC(=O)c1cc2cccc(OCc3ccc(Cl)cc3)c2cc1OCC(C(C)C)C(C)C. The minimum Gasteiger partial charge on any atom is -0.492 e. The predicted molar refractivity (Wildman–Crippen MR) is 134 cm³/mol. The lowest BCUT2D eigenvalue weighted by Gasteiger charge is -2.25. The van der Waals surface area contributed by atoms with E-state index in [0.717, 1.165) is 22.1 Å². The highest BCUT2D eigenvalue weighted by Gasteiger charge is 2.22. The molecule has 0 radical (unpaired) electrons. The average Bonchev–Trinajstić information content (AvgIpc) is 2.78. The summed E-state index contributed by atoms with van der Waals surface area (Å²) in [5.74, 6) is 2.17. The zero-order valence-electron chi connectivity index (χ0n) is 20.1. The topological polar surface area (TPSA) is 44.8 Å². The molecule has 0 aliphatic heterocycles. The van der Waals surface area contributed by atoms with Crippen LogP contribution >= 0.6 is 11.6 Å². The molecule has 3 aromatic rings. The maximum Gasteiger partial charge on any atom is 0.341 e. The first-order chi connectivity index (χ1) is 15.8. The Balaban J connectivity index is 1.95. The number of ether oxygens (including phenoxy) is 3. The van der Waals surface area contributed by atoms with E-state index < -0.39 is 0 Å². The molecular formula is C28H33ClO4. The van der Waals surface area contributed by atoms with E-state index in [1.807, 2.05) is 54.6 Å². The number of carbonyl (C=O) groups is 1. The molecule has 0 amide bonds. The monoisotopic (exact) mass is 468 g/mol. The molecule has 176 valence electrons. The summed E-state index contributed by atoms with van der Waals surface area (Å²) in [5, 5.41) is 2.47. The quantitative estimate of drug-likeness (QED) is 0.288. The van der Waals surface area contributed by atoms with Crippen molar-refractivity contribution in [2.24, 2.45) is 17.8 Å². The molecule has 0 aromatic heterocycles. The lowest BCUT2D eigenvalue weighted by molar-refractivity contribution is 0.0519. The molecule has 5 heteroatoms. The van der Waals surface area contributed by atoms with Gasteiger partial charge in [0.25, 0.3) is 0 Å². The van der Waals surface area contributed by atoms with Crippen LogP contribution in [-0.4, -0.2) is 19.2 Å². The van der Waals surface area contributed by atoms with E-state index in [0.29, 0.717) is 53.9 Å². The Morgan fingerprint density at radius 2 is 1.61 bits per heavy atom. The van der Waals surface area contributed by atoms with E-state index >= 15 is 0 Å². The molecule has 0 aliphatic carbocycles. The number of esters is 1. The molecule has 0 atom stereocenters. The van der Waals surface area contributed by atoms with Crippen molar-refractivity contribution in [3.63, 3.8) is 0 Å². The van der Waals surface area contributed by atoms with Crippen LogP contribution < -0.4 is 9.47 Å². The molecular weight excluding hydrogens is 436 g/mol. The van der Waals surface area contributed by atoms with Crippen LogP contribution in [-0.2, 0) is 11.3 Å². The van der Waals surface area contributed by atoms with Gasteiger partial charge >= 0.3 is 5.97 Å². The largest absolute Gasteiger partial charge is 0.492 e. The fraction of sp³-hybridized carbons (Fsp3) is 0.393. The summed E-state index contributed by atoms with van der Waals surface area (Å²) >= 11 is 5.99. The summed E-state index contributed by atoms with van der Waals surface area (Å²) in [6.45, 7) is 11.8. The van der Waals surface area contributed by atoms with Gasteiger partial charge in [0.15, 0.2) is 0 Å². The molecule has 0 N–H and O–H groups in total. The summed E-state index contributed by atoms with van der Waals surface area (Å²) < 4.78 is 17.7. The number of hydrogen-bond acceptors (Lipinski definition) is 4. The van der Waals surface area contributed by atoms with Gasteiger partial charge in [0.1, 0.15) is 23.7 Å². The van der Waals surface area contributed by atoms with Crippen molar-refractivity contribution >= 4 is 28.3 Å². The third kappa shape index (κ3) is 6.42. The van der Waals surface area contributed by atoms with Crippen molar-refractivity contribution in [3.8, 4) is 11.5 Å². The van der Waals surface area contributed by atoms with Gasteiger partial charge in [0.05, 0.1) is 13.2 Å². The third-order valence-corrected chi connectivity index (χ3v) is 6.14. The summed E-state index contributed by atoms with van der Waals surface area (Å²) in [4.78, 5) is 12.7. The van der Waals surface area contributed by atoms with Gasteiger partial charge in [-0.15, -0.1) is 0 Å². The summed E-state index contributed by atoms with van der Waals surface area (Å²) in [7, 11) is 0. The maximum atomic E-state index is 12.7. The number of fused-ring (bicyclic) bond motifs is 1. The average molecular weight is 469 g/mol. The molecule has 3 aromatic carbocycles. The minimum absolute atomic E-state index is 0.307. The van der Waals surface area contributed by atoms with E-state index in [1.165, 1.54) is 0 Å². The Kier molecular flexibility index (Phi) is 8.62. The Morgan fingerprint density at radius 3 is 2.24 bits per heavy atom. The molecule has 0 bridgehead atoms. The Labute approximate surface area is 201 Å². The molecule has 0 aliphatic rings. The van der Waals surface area contributed by atoms with Crippen molar-refractivity contribution in [2.75, 3.05) is 13.2 Å². The van der Waals surface area contributed by atoms with Gasteiger partial charge in [0, 0.05) is 10.4 Å². The molecule has 0 heterocycles. The van der Waals surface area contributed by atoms with Crippen molar-refractivity contribution in [2.45, 2.75) is 41.2 Å². The van der Waals surface area contributed by atoms with Crippen LogP contribution in [0, 0.1) is 17.8 Å². The number of carbonyl (C=O) groups excluding carboxylic acids is 1. The first-order valence-electron chi connectivity index (χ1n) is 11.5. The fourth-order valence-corrected chi connectivity index (χ4v) is 4.10. The zero-order chi connectivity index (χ0) is 24.0. The van der Waals surface area contributed by atoms with E-state index in [9.17, 15) is 4.79 Å². The van der Waals surface area contributed by atoms with Crippen LogP contribution in [0.4, 0.5) is 0 Å². The molecule has 0 saturated heterocycles. The number of rotatable bonds is 10. The van der Waals surface area contributed by atoms with E-state index in [-0.39, 0.29) is 5.97 Å². The van der Waals surface area contributed by atoms with Gasteiger partial charge in [-0.1, -0.05) is 63.6 Å². The number of hydrogen-bond donors (Lipinski definition) is 0. The zero-order valence-corrected chi connectivity index (χ0v) is 20.8. The first-order valence-corrected chi connectivity index (χ1v) is 11.9. The van der Waals surface area contributed by atoms with Crippen LogP contribution in [0.5, 0.6) is 11.5 Å². The van der Waals surface area contributed by atoms with Crippen molar-refractivity contribution < 1.29 is 19.0 Å². The van der Waals surface area contributed by atoms with Crippen LogP contribution in [0.3, 0.4) is 0 Å². The molecule has 3 rings (SSSR count). The highest BCUT2D eigenvalue weighted by atomic mass is 35.5. The van der Waals surface area contributed by atoms with Crippen LogP contribution in [0.1, 0.15) is 50.5 Å². The fourth-order valence-electron chi connectivity index (χ4n) is 3.97. The maximum absolute atomic E-state index is 12.7.